The lowest BCUT2D eigenvalue weighted by Crippen LogP contribution is -2.05. The molecule has 136 valence electrons. The number of aromatic nitrogens is 2. The summed E-state index contributed by atoms with van der Waals surface area (Å²) < 4.78 is 0. The quantitative estimate of drug-likeness (QED) is 0.503. The summed E-state index contributed by atoms with van der Waals surface area (Å²) in [4.78, 5) is 8.97. The Labute approximate surface area is 165 Å². The number of benzene rings is 2. The minimum Gasteiger partial charge on any atom is -0.238 e. The van der Waals surface area contributed by atoms with Crippen LogP contribution in [0.15, 0.2) is 48.5 Å². The Balaban J connectivity index is 1.88. The first-order chi connectivity index (χ1) is 13.1. The van der Waals surface area contributed by atoms with Crippen molar-refractivity contribution in [3.05, 3.63) is 81.9 Å². The molecule has 0 N–H and O–H groups in total. The summed E-state index contributed by atoms with van der Waals surface area (Å²) in [5.74, 6) is 0.721. The highest BCUT2D eigenvalue weighted by Gasteiger charge is 2.13. The summed E-state index contributed by atoms with van der Waals surface area (Å²) >= 11 is 6.44. The highest BCUT2D eigenvalue weighted by molar-refractivity contribution is 6.30. The van der Waals surface area contributed by atoms with Gasteiger partial charge in [0.15, 0.2) is 0 Å². The monoisotopic (exact) mass is 375 g/mol. The van der Waals surface area contributed by atoms with Crippen LogP contribution in [0.4, 0.5) is 0 Å². The Bertz CT molecular complexity index is 972. The van der Waals surface area contributed by atoms with Gasteiger partial charge in [-0.1, -0.05) is 67.4 Å². The van der Waals surface area contributed by atoms with Gasteiger partial charge in [0.2, 0.25) is 0 Å². The van der Waals surface area contributed by atoms with E-state index < -0.39 is 0 Å². The number of hydrogen-bond acceptors (Lipinski definition) is 3. The van der Waals surface area contributed by atoms with E-state index in [2.05, 4.69) is 47.2 Å². The Hall–Kier alpha value is -2.70. The molecule has 0 fully saturated rings. The van der Waals surface area contributed by atoms with Gasteiger partial charge in [0.1, 0.15) is 11.0 Å². The van der Waals surface area contributed by atoms with Crippen molar-refractivity contribution in [3.63, 3.8) is 0 Å². The van der Waals surface area contributed by atoms with E-state index in [0.717, 1.165) is 53.0 Å². The number of nitrogens with zero attached hydrogens (tertiary/aromatic N) is 3. The van der Waals surface area contributed by atoms with E-state index >= 15 is 0 Å². The summed E-state index contributed by atoms with van der Waals surface area (Å²) in [6.07, 6.45) is 3.83. The molecule has 1 aromatic heterocycles. The van der Waals surface area contributed by atoms with E-state index in [4.69, 9.17) is 11.6 Å². The molecular weight excluding hydrogens is 354 g/mol. The van der Waals surface area contributed by atoms with Crippen LogP contribution in [0.1, 0.15) is 48.0 Å². The van der Waals surface area contributed by atoms with Gasteiger partial charge in [0.05, 0.1) is 11.6 Å². The number of aryl methyl sites for hydroxylation is 2. The van der Waals surface area contributed by atoms with Crippen molar-refractivity contribution in [2.75, 3.05) is 0 Å². The molecule has 0 amide bonds. The number of unbranched alkanes of at least 4 members (excludes halogenated alkanes) is 1. The van der Waals surface area contributed by atoms with Crippen molar-refractivity contribution >= 4 is 11.6 Å². The van der Waals surface area contributed by atoms with Crippen LogP contribution < -0.4 is 0 Å². The first-order valence-corrected chi connectivity index (χ1v) is 9.60. The van der Waals surface area contributed by atoms with Crippen LogP contribution in [0.5, 0.6) is 0 Å². The maximum absolute atomic E-state index is 9.30. The van der Waals surface area contributed by atoms with E-state index in [1.54, 1.807) is 0 Å². The van der Waals surface area contributed by atoms with Crippen LogP contribution in [0.2, 0.25) is 5.15 Å². The van der Waals surface area contributed by atoms with Gasteiger partial charge in [-0.05, 0) is 42.5 Å². The normalized spacial score (nSPS) is 10.6. The average molecular weight is 376 g/mol. The summed E-state index contributed by atoms with van der Waals surface area (Å²) in [7, 11) is 0. The SMILES string of the molecule is CCCCc1nc(C)nc(Cl)c1Cc1ccc(-c2ccccc2C#N)cc1. The van der Waals surface area contributed by atoms with Gasteiger partial charge in [-0.25, -0.2) is 9.97 Å². The number of halogens is 1. The minimum absolute atomic E-state index is 0.549. The lowest BCUT2D eigenvalue weighted by molar-refractivity contribution is 0.757. The third-order valence-corrected chi connectivity index (χ3v) is 4.93. The van der Waals surface area contributed by atoms with Gasteiger partial charge in [0, 0.05) is 17.7 Å². The lowest BCUT2D eigenvalue weighted by atomic mass is 9.97. The molecule has 0 saturated carbocycles. The van der Waals surface area contributed by atoms with Crippen LogP contribution in [0, 0.1) is 18.3 Å². The highest BCUT2D eigenvalue weighted by Crippen LogP contribution is 2.26. The second-order valence-corrected chi connectivity index (χ2v) is 6.98. The van der Waals surface area contributed by atoms with E-state index in [1.807, 2.05) is 31.2 Å². The smallest absolute Gasteiger partial charge is 0.136 e. The summed E-state index contributed by atoms with van der Waals surface area (Å²) in [6.45, 7) is 4.06. The first-order valence-electron chi connectivity index (χ1n) is 9.22. The second kappa shape index (κ2) is 8.79. The van der Waals surface area contributed by atoms with Crippen molar-refractivity contribution in [3.8, 4) is 17.2 Å². The van der Waals surface area contributed by atoms with Crippen LogP contribution in [-0.4, -0.2) is 9.97 Å². The molecule has 0 aliphatic rings. The van der Waals surface area contributed by atoms with Gasteiger partial charge in [0.25, 0.3) is 0 Å². The van der Waals surface area contributed by atoms with Crippen LogP contribution >= 0.6 is 11.6 Å². The van der Waals surface area contributed by atoms with Crippen molar-refractivity contribution in [1.82, 2.24) is 9.97 Å². The van der Waals surface area contributed by atoms with E-state index in [9.17, 15) is 5.26 Å². The predicted octanol–water partition coefficient (Wildman–Crippen LogP) is 5.91. The van der Waals surface area contributed by atoms with Gasteiger partial charge in [-0.3, -0.25) is 0 Å². The Morgan fingerprint density at radius 3 is 2.48 bits per heavy atom. The summed E-state index contributed by atoms with van der Waals surface area (Å²) in [5.41, 5.74) is 5.89. The Morgan fingerprint density at radius 2 is 1.78 bits per heavy atom. The van der Waals surface area contributed by atoms with Crippen molar-refractivity contribution < 1.29 is 0 Å². The number of hydrogen-bond donors (Lipinski definition) is 0. The fraction of sp³-hybridized carbons (Fsp3) is 0.261. The molecule has 0 atom stereocenters. The summed E-state index contributed by atoms with van der Waals surface area (Å²) in [6, 6.07) is 18.2. The lowest BCUT2D eigenvalue weighted by Gasteiger charge is -2.12. The summed E-state index contributed by atoms with van der Waals surface area (Å²) in [5, 5.41) is 9.85. The molecule has 1 heterocycles. The predicted molar refractivity (Wildman–Crippen MR) is 110 cm³/mol. The molecular formula is C23H22ClN3. The largest absolute Gasteiger partial charge is 0.238 e. The zero-order valence-corrected chi connectivity index (χ0v) is 16.4. The Morgan fingerprint density at radius 1 is 1.04 bits per heavy atom. The van der Waals surface area contributed by atoms with Crippen molar-refractivity contribution in [2.24, 2.45) is 0 Å². The zero-order chi connectivity index (χ0) is 19.2. The first kappa shape index (κ1) is 19.1. The number of rotatable bonds is 6. The maximum Gasteiger partial charge on any atom is 0.136 e. The molecule has 3 aromatic rings. The molecule has 0 saturated heterocycles. The van der Waals surface area contributed by atoms with Crippen LogP contribution in [-0.2, 0) is 12.8 Å². The molecule has 0 aliphatic carbocycles. The van der Waals surface area contributed by atoms with Crippen molar-refractivity contribution in [2.45, 2.75) is 39.5 Å². The molecule has 3 nitrogen and oxygen atoms in total. The third kappa shape index (κ3) is 4.53. The van der Waals surface area contributed by atoms with Crippen LogP contribution in [0.25, 0.3) is 11.1 Å². The van der Waals surface area contributed by atoms with E-state index in [0.29, 0.717) is 17.1 Å². The topological polar surface area (TPSA) is 49.6 Å². The van der Waals surface area contributed by atoms with E-state index in [1.165, 1.54) is 0 Å². The van der Waals surface area contributed by atoms with Gasteiger partial charge in [-0.15, -0.1) is 0 Å². The fourth-order valence-electron chi connectivity index (χ4n) is 3.18. The average Bonchev–Trinajstić information content (AvgIpc) is 2.69. The molecule has 3 rings (SSSR count). The third-order valence-electron chi connectivity index (χ3n) is 4.61. The minimum atomic E-state index is 0.549. The molecule has 0 aliphatic heterocycles. The Kier molecular flexibility index (Phi) is 6.21. The van der Waals surface area contributed by atoms with Crippen LogP contribution in [0.3, 0.4) is 0 Å². The number of nitriles is 1. The fourth-order valence-corrected chi connectivity index (χ4v) is 3.48. The zero-order valence-electron chi connectivity index (χ0n) is 15.7. The van der Waals surface area contributed by atoms with Gasteiger partial charge < -0.3 is 0 Å². The molecule has 0 spiro atoms. The molecule has 4 heteroatoms. The maximum atomic E-state index is 9.30. The second-order valence-electron chi connectivity index (χ2n) is 6.62. The molecule has 0 bridgehead atoms. The van der Waals surface area contributed by atoms with Gasteiger partial charge in [-0.2, -0.15) is 5.26 Å². The molecule has 2 aromatic carbocycles. The van der Waals surface area contributed by atoms with E-state index in [-0.39, 0.29) is 0 Å². The van der Waals surface area contributed by atoms with Crippen molar-refractivity contribution in [1.29, 1.82) is 5.26 Å². The standard InChI is InChI=1S/C23H22ClN3/c1-3-4-9-22-21(23(24)27-16(2)26-22)14-17-10-12-18(13-11-17)20-8-6-5-7-19(20)15-25/h5-8,10-13H,3-4,9,14H2,1-2H3. The van der Waals surface area contributed by atoms with Gasteiger partial charge >= 0.3 is 0 Å². The molecule has 27 heavy (non-hydrogen) atoms. The molecule has 0 unspecified atom stereocenters. The highest BCUT2D eigenvalue weighted by atomic mass is 35.5. The molecule has 0 radical (unpaired) electrons.